The number of hydrogen-bond donors (Lipinski definition) is 1. The molecule has 0 unspecified atom stereocenters. The van der Waals surface area contributed by atoms with Gasteiger partial charge in [0.15, 0.2) is 0 Å². The normalized spacial score (nSPS) is 17.1. The lowest BCUT2D eigenvalue weighted by atomic mass is 9.96. The Labute approximate surface area is 134 Å². The van der Waals surface area contributed by atoms with E-state index < -0.39 is 5.60 Å². The number of ether oxygens (including phenoxy) is 1. The minimum Gasteiger partial charge on any atom is -0.444 e. The van der Waals surface area contributed by atoms with Crippen molar-refractivity contribution in [3.63, 3.8) is 0 Å². The number of hydrogen-bond acceptors (Lipinski definition) is 4. The lowest BCUT2D eigenvalue weighted by Crippen LogP contribution is -2.44. The van der Waals surface area contributed by atoms with Gasteiger partial charge >= 0.3 is 6.09 Å². The minimum absolute atomic E-state index is 0.0897. The number of likely N-dealkylation sites (tertiary alicyclic amines) is 1. The predicted octanol–water partition coefficient (Wildman–Crippen LogP) is 1.70. The third-order valence-electron chi connectivity index (χ3n) is 3.69. The summed E-state index contributed by atoms with van der Waals surface area (Å²) < 4.78 is 5.37. The van der Waals surface area contributed by atoms with Gasteiger partial charge in [-0.2, -0.15) is 0 Å². The van der Waals surface area contributed by atoms with E-state index in [0.717, 1.165) is 25.9 Å². The molecule has 1 aliphatic rings. The van der Waals surface area contributed by atoms with Crippen LogP contribution in [0.4, 0.5) is 4.79 Å². The number of piperidine rings is 1. The SMILES string of the molecule is CCNC(=O)CN1CCC(CN(C)C(=O)OC(C)(C)C)CC1. The monoisotopic (exact) mass is 313 g/mol. The molecule has 6 heteroatoms. The summed E-state index contributed by atoms with van der Waals surface area (Å²) in [4.78, 5) is 27.4. The van der Waals surface area contributed by atoms with Gasteiger partial charge < -0.3 is 15.0 Å². The molecule has 0 spiro atoms. The molecular formula is C16H31N3O3. The van der Waals surface area contributed by atoms with Crippen LogP contribution in [-0.2, 0) is 9.53 Å². The van der Waals surface area contributed by atoms with Gasteiger partial charge in [-0.1, -0.05) is 0 Å². The van der Waals surface area contributed by atoms with Crippen molar-refractivity contribution in [2.24, 2.45) is 5.92 Å². The molecule has 1 N–H and O–H groups in total. The van der Waals surface area contributed by atoms with Crippen LogP contribution in [0, 0.1) is 5.92 Å². The Kier molecular flexibility index (Phi) is 7.13. The second-order valence-corrected chi connectivity index (χ2v) is 7.03. The highest BCUT2D eigenvalue weighted by Gasteiger charge is 2.25. The average molecular weight is 313 g/mol. The summed E-state index contributed by atoms with van der Waals surface area (Å²) >= 11 is 0. The third kappa shape index (κ3) is 7.11. The van der Waals surface area contributed by atoms with Crippen molar-refractivity contribution < 1.29 is 14.3 Å². The summed E-state index contributed by atoms with van der Waals surface area (Å²) in [6.07, 6.45) is 1.75. The van der Waals surface area contributed by atoms with Gasteiger partial charge in [0.2, 0.25) is 5.91 Å². The summed E-state index contributed by atoms with van der Waals surface area (Å²) in [5, 5.41) is 2.82. The first-order chi connectivity index (χ1) is 10.2. The van der Waals surface area contributed by atoms with Crippen LogP contribution in [0.3, 0.4) is 0 Å². The standard InChI is InChI=1S/C16H31N3O3/c1-6-17-14(20)12-19-9-7-13(8-10-19)11-18(5)15(21)22-16(2,3)4/h13H,6-12H2,1-5H3,(H,17,20). The van der Waals surface area contributed by atoms with Gasteiger partial charge in [0, 0.05) is 20.1 Å². The van der Waals surface area contributed by atoms with Crippen molar-refractivity contribution in [2.75, 3.05) is 39.8 Å². The quantitative estimate of drug-likeness (QED) is 0.839. The fourth-order valence-electron chi connectivity index (χ4n) is 2.58. The second kappa shape index (κ2) is 8.36. The molecule has 2 amide bonds. The fourth-order valence-corrected chi connectivity index (χ4v) is 2.58. The Balaban J connectivity index is 2.30. The number of nitrogens with zero attached hydrogens (tertiary/aromatic N) is 2. The van der Waals surface area contributed by atoms with Crippen LogP contribution >= 0.6 is 0 Å². The Bertz CT molecular complexity index is 371. The van der Waals surface area contributed by atoms with E-state index in [-0.39, 0.29) is 12.0 Å². The van der Waals surface area contributed by atoms with E-state index in [9.17, 15) is 9.59 Å². The van der Waals surface area contributed by atoms with Gasteiger partial charge in [0.1, 0.15) is 5.60 Å². The van der Waals surface area contributed by atoms with Crippen LogP contribution in [-0.4, -0.2) is 67.2 Å². The average Bonchev–Trinajstić information content (AvgIpc) is 2.39. The molecule has 0 aromatic rings. The van der Waals surface area contributed by atoms with Gasteiger partial charge in [-0.05, 0) is 59.5 Å². The Hall–Kier alpha value is -1.30. The molecule has 1 rings (SSSR count). The predicted molar refractivity (Wildman–Crippen MR) is 86.7 cm³/mol. The van der Waals surface area contributed by atoms with E-state index in [0.29, 0.717) is 25.6 Å². The maximum absolute atomic E-state index is 12.0. The van der Waals surface area contributed by atoms with Gasteiger partial charge in [-0.15, -0.1) is 0 Å². The highest BCUT2D eigenvalue weighted by atomic mass is 16.6. The van der Waals surface area contributed by atoms with E-state index in [2.05, 4.69) is 10.2 Å². The highest BCUT2D eigenvalue weighted by molar-refractivity contribution is 5.77. The Morgan fingerprint density at radius 3 is 2.36 bits per heavy atom. The van der Waals surface area contributed by atoms with Crippen LogP contribution in [0.15, 0.2) is 0 Å². The zero-order valence-corrected chi connectivity index (χ0v) is 14.6. The Morgan fingerprint density at radius 2 is 1.86 bits per heavy atom. The number of rotatable bonds is 5. The molecule has 0 aromatic heterocycles. The van der Waals surface area contributed by atoms with Crippen molar-refractivity contribution >= 4 is 12.0 Å². The summed E-state index contributed by atoms with van der Waals surface area (Å²) in [6.45, 7) is 11.2. The largest absolute Gasteiger partial charge is 0.444 e. The molecule has 6 nitrogen and oxygen atoms in total. The van der Waals surface area contributed by atoms with E-state index in [1.165, 1.54) is 0 Å². The van der Waals surface area contributed by atoms with Crippen LogP contribution in [0.25, 0.3) is 0 Å². The lowest BCUT2D eigenvalue weighted by Gasteiger charge is -2.34. The molecule has 128 valence electrons. The summed E-state index contributed by atoms with van der Waals surface area (Å²) in [7, 11) is 1.79. The van der Waals surface area contributed by atoms with Gasteiger partial charge in [-0.3, -0.25) is 9.69 Å². The molecule has 0 bridgehead atoms. The molecule has 0 aliphatic carbocycles. The number of likely N-dealkylation sites (N-methyl/N-ethyl adjacent to an activating group) is 1. The Morgan fingerprint density at radius 1 is 1.27 bits per heavy atom. The van der Waals surface area contributed by atoms with E-state index in [1.54, 1.807) is 11.9 Å². The molecule has 1 aliphatic heterocycles. The van der Waals surface area contributed by atoms with Crippen LogP contribution in [0.1, 0.15) is 40.5 Å². The van der Waals surface area contributed by atoms with Gasteiger partial charge in [0.05, 0.1) is 6.54 Å². The van der Waals surface area contributed by atoms with Crippen molar-refractivity contribution in [2.45, 2.75) is 46.1 Å². The van der Waals surface area contributed by atoms with Gasteiger partial charge in [0.25, 0.3) is 0 Å². The highest BCUT2D eigenvalue weighted by Crippen LogP contribution is 2.19. The van der Waals surface area contributed by atoms with Crippen molar-refractivity contribution in [1.29, 1.82) is 0 Å². The molecule has 0 radical (unpaired) electrons. The zero-order chi connectivity index (χ0) is 16.8. The lowest BCUT2D eigenvalue weighted by molar-refractivity contribution is -0.122. The first-order valence-corrected chi connectivity index (χ1v) is 8.14. The maximum Gasteiger partial charge on any atom is 0.410 e. The molecular weight excluding hydrogens is 282 g/mol. The molecule has 22 heavy (non-hydrogen) atoms. The zero-order valence-electron chi connectivity index (χ0n) is 14.6. The van der Waals surface area contributed by atoms with Crippen LogP contribution in [0.2, 0.25) is 0 Å². The molecule has 0 aromatic carbocycles. The molecule has 1 saturated heterocycles. The van der Waals surface area contributed by atoms with Crippen LogP contribution in [0.5, 0.6) is 0 Å². The third-order valence-corrected chi connectivity index (χ3v) is 3.69. The molecule has 1 fully saturated rings. The smallest absolute Gasteiger partial charge is 0.410 e. The minimum atomic E-state index is -0.457. The van der Waals surface area contributed by atoms with Crippen molar-refractivity contribution in [3.05, 3.63) is 0 Å². The molecule has 1 heterocycles. The molecule has 0 saturated carbocycles. The summed E-state index contributed by atoms with van der Waals surface area (Å²) in [5.74, 6) is 0.565. The number of carbonyl (C=O) groups is 2. The van der Waals surface area contributed by atoms with E-state index >= 15 is 0 Å². The number of amides is 2. The second-order valence-electron chi connectivity index (χ2n) is 7.03. The van der Waals surface area contributed by atoms with Gasteiger partial charge in [-0.25, -0.2) is 4.79 Å². The summed E-state index contributed by atoms with van der Waals surface area (Å²) in [6, 6.07) is 0. The number of nitrogens with one attached hydrogen (secondary N) is 1. The topological polar surface area (TPSA) is 61.9 Å². The van der Waals surface area contributed by atoms with Crippen molar-refractivity contribution in [3.8, 4) is 0 Å². The van der Waals surface area contributed by atoms with Crippen LogP contribution < -0.4 is 5.32 Å². The fraction of sp³-hybridized carbons (Fsp3) is 0.875. The van der Waals surface area contributed by atoms with E-state index in [1.807, 2.05) is 27.7 Å². The maximum atomic E-state index is 12.0. The number of carbonyl (C=O) groups excluding carboxylic acids is 2. The first-order valence-electron chi connectivity index (χ1n) is 8.14. The van der Waals surface area contributed by atoms with E-state index in [4.69, 9.17) is 4.74 Å². The summed E-state index contributed by atoms with van der Waals surface area (Å²) in [5.41, 5.74) is -0.457. The molecule has 0 atom stereocenters. The van der Waals surface area contributed by atoms with Crippen molar-refractivity contribution in [1.82, 2.24) is 15.1 Å². The first kappa shape index (κ1) is 18.7.